The third kappa shape index (κ3) is 1.96. The molecule has 82 valence electrons. The summed E-state index contributed by atoms with van der Waals surface area (Å²) < 4.78 is 0. The van der Waals surface area contributed by atoms with Gasteiger partial charge < -0.3 is 0 Å². The van der Waals surface area contributed by atoms with E-state index in [9.17, 15) is 0 Å². The summed E-state index contributed by atoms with van der Waals surface area (Å²) in [5.74, 6) is 0. The molecular weight excluding hydrogens is 196 g/mol. The van der Waals surface area contributed by atoms with Crippen LogP contribution < -0.4 is 0 Å². The van der Waals surface area contributed by atoms with E-state index in [4.69, 9.17) is 0 Å². The van der Waals surface area contributed by atoms with Crippen molar-refractivity contribution in [3.63, 3.8) is 0 Å². The van der Waals surface area contributed by atoms with Gasteiger partial charge >= 0.3 is 0 Å². The molecule has 2 nitrogen and oxygen atoms in total. The Morgan fingerprint density at radius 1 is 0.812 bits per heavy atom. The molecule has 0 amide bonds. The maximum atomic E-state index is 4.47. The number of nitrogens with zero attached hydrogens (tertiary/aromatic N) is 2. The fourth-order valence-corrected chi connectivity index (χ4v) is 1.87. The molecule has 2 aromatic heterocycles. The lowest BCUT2D eigenvalue weighted by Crippen LogP contribution is -1.97. The van der Waals surface area contributed by atoms with Crippen LogP contribution in [0.1, 0.15) is 25.0 Å². The van der Waals surface area contributed by atoms with Gasteiger partial charge in [-0.1, -0.05) is 26.0 Å². The highest BCUT2D eigenvalue weighted by Gasteiger charge is 2.09. The maximum absolute atomic E-state index is 4.47. The molecule has 2 aromatic rings. The summed E-state index contributed by atoms with van der Waals surface area (Å²) in [6.45, 7) is 4.30. The SMILES string of the molecule is CCc1cccnc1-c1ncccc1CC. The summed E-state index contributed by atoms with van der Waals surface area (Å²) in [5.41, 5.74) is 4.58. The Labute approximate surface area is 96.4 Å². The highest BCUT2D eigenvalue weighted by molar-refractivity contribution is 5.62. The highest BCUT2D eigenvalue weighted by atomic mass is 14.8. The smallest absolute Gasteiger partial charge is 0.0920 e. The Morgan fingerprint density at radius 2 is 1.25 bits per heavy atom. The van der Waals surface area contributed by atoms with Gasteiger partial charge in [0, 0.05) is 12.4 Å². The lowest BCUT2D eigenvalue weighted by atomic mass is 10.0. The van der Waals surface area contributed by atoms with Crippen LogP contribution in [0.2, 0.25) is 0 Å². The Morgan fingerprint density at radius 3 is 1.62 bits per heavy atom. The summed E-state index contributed by atoms with van der Waals surface area (Å²) in [5, 5.41) is 0. The van der Waals surface area contributed by atoms with Crippen LogP contribution >= 0.6 is 0 Å². The van der Waals surface area contributed by atoms with Crippen molar-refractivity contribution in [2.45, 2.75) is 26.7 Å². The number of pyridine rings is 2. The summed E-state index contributed by atoms with van der Waals surface area (Å²) in [7, 11) is 0. The number of rotatable bonds is 3. The molecule has 2 rings (SSSR count). The van der Waals surface area contributed by atoms with Crippen LogP contribution in [0.4, 0.5) is 0 Å². The van der Waals surface area contributed by atoms with E-state index in [1.54, 1.807) is 0 Å². The van der Waals surface area contributed by atoms with E-state index in [1.165, 1.54) is 11.1 Å². The van der Waals surface area contributed by atoms with Gasteiger partial charge in [-0.3, -0.25) is 9.97 Å². The van der Waals surface area contributed by atoms with E-state index < -0.39 is 0 Å². The van der Waals surface area contributed by atoms with Crippen molar-refractivity contribution in [2.75, 3.05) is 0 Å². The van der Waals surface area contributed by atoms with E-state index >= 15 is 0 Å². The average molecular weight is 212 g/mol. The van der Waals surface area contributed by atoms with Gasteiger partial charge in [-0.25, -0.2) is 0 Å². The Kier molecular flexibility index (Phi) is 3.30. The molecule has 0 unspecified atom stereocenters. The first-order valence-electron chi connectivity index (χ1n) is 5.75. The lowest BCUT2D eigenvalue weighted by Gasteiger charge is -2.09. The van der Waals surface area contributed by atoms with Gasteiger partial charge in [0.05, 0.1) is 11.4 Å². The number of aromatic nitrogens is 2. The second-order valence-electron chi connectivity index (χ2n) is 3.73. The van der Waals surface area contributed by atoms with Crippen LogP contribution in [-0.2, 0) is 12.8 Å². The van der Waals surface area contributed by atoms with E-state index in [0.717, 1.165) is 24.2 Å². The first-order chi connectivity index (χ1) is 7.86. The third-order valence-electron chi connectivity index (χ3n) is 2.77. The van der Waals surface area contributed by atoms with Crippen molar-refractivity contribution in [1.82, 2.24) is 9.97 Å². The molecular formula is C14H16N2. The first kappa shape index (κ1) is 10.8. The molecule has 0 fully saturated rings. The minimum atomic E-state index is 0.989. The molecule has 0 radical (unpaired) electrons. The number of hydrogen-bond acceptors (Lipinski definition) is 2. The van der Waals surface area contributed by atoms with Crippen LogP contribution in [0.5, 0.6) is 0 Å². The summed E-state index contributed by atoms with van der Waals surface area (Å²) in [6.07, 6.45) is 5.65. The fraction of sp³-hybridized carbons (Fsp3) is 0.286. The quantitative estimate of drug-likeness (QED) is 0.780. The molecule has 0 atom stereocenters. The molecule has 0 spiro atoms. The van der Waals surface area contributed by atoms with Gasteiger partial charge in [0.25, 0.3) is 0 Å². The average Bonchev–Trinajstić information content (AvgIpc) is 2.38. The Bertz CT molecular complexity index is 432. The minimum Gasteiger partial charge on any atom is -0.254 e. The van der Waals surface area contributed by atoms with Gasteiger partial charge in [-0.05, 0) is 36.1 Å². The second kappa shape index (κ2) is 4.88. The van der Waals surface area contributed by atoms with Crippen LogP contribution in [0.3, 0.4) is 0 Å². The fourth-order valence-electron chi connectivity index (χ4n) is 1.87. The third-order valence-corrected chi connectivity index (χ3v) is 2.77. The van der Waals surface area contributed by atoms with Gasteiger partial charge in [0.2, 0.25) is 0 Å². The van der Waals surface area contributed by atoms with Gasteiger partial charge in [-0.15, -0.1) is 0 Å². The molecule has 0 aliphatic heterocycles. The Balaban J connectivity index is 2.58. The zero-order valence-corrected chi connectivity index (χ0v) is 9.77. The number of hydrogen-bond donors (Lipinski definition) is 0. The molecule has 0 bridgehead atoms. The predicted octanol–water partition coefficient (Wildman–Crippen LogP) is 3.27. The summed E-state index contributed by atoms with van der Waals surface area (Å²) >= 11 is 0. The normalized spacial score (nSPS) is 10.4. The molecule has 2 heteroatoms. The summed E-state index contributed by atoms with van der Waals surface area (Å²) in [6, 6.07) is 8.21. The van der Waals surface area contributed by atoms with Crippen molar-refractivity contribution in [3.05, 3.63) is 47.8 Å². The monoisotopic (exact) mass is 212 g/mol. The van der Waals surface area contributed by atoms with Crippen molar-refractivity contribution < 1.29 is 0 Å². The predicted molar refractivity (Wildman–Crippen MR) is 66.2 cm³/mol. The molecule has 0 aliphatic rings. The van der Waals surface area contributed by atoms with Crippen LogP contribution in [-0.4, -0.2) is 9.97 Å². The van der Waals surface area contributed by atoms with E-state index in [2.05, 4.69) is 35.9 Å². The van der Waals surface area contributed by atoms with Gasteiger partial charge in [0.1, 0.15) is 0 Å². The molecule has 16 heavy (non-hydrogen) atoms. The largest absolute Gasteiger partial charge is 0.254 e. The molecule has 0 N–H and O–H groups in total. The zero-order chi connectivity index (χ0) is 11.4. The van der Waals surface area contributed by atoms with Crippen molar-refractivity contribution >= 4 is 0 Å². The zero-order valence-electron chi connectivity index (χ0n) is 9.77. The summed E-state index contributed by atoms with van der Waals surface area (Å²) in [4.78, 5) is 8.93. The van der Waals surface area contributed by atoms with Crippen LogP contribution in [0.25, 0.3) is 11.4 Å². The highest BCUT2D eigenvalue weighted by Crippen LogP contribution is 2.23. The standard InChI is InChI=1S/C14H16N2/c1-3-11-7-5-9-15-13(11)14-12(4-2)8-6-10-16-14/h5-10H,3-4H2,1-2H3. The van der Waals surface area contributed by atoms with Crippen LogP contribution in [0, 0.1) is 0 Å². The molecule has 0 saturated heterocycles. The van der Waals surface area contributed by atoms with Crippen LogP contribution in [0.15, 0.2) is 36.7 Å². The molecule has 0 saturated carbocycles. The van der Waals surface area contributed by atoms with Crippen molar-refractivity contribution in [1.29, 1.82) is 0 Å². The number of aryl methyl sites for hydroxylation is 2. The van der Waals surface area contributed by atoms with E-state index in [1.807, 2.05) is 24.5 Å². The Hall–Kier alpha value is -1.70. The van der Waals surface area contributed by atoms with Gasteiger partial charge in [0.15, 0.2) is 0 Å². The minimum absolute atomic E-state index is 0.989. The first-order valence-corrected chi connectivity index (χ1v) is 5.75. The van der Waals surface area contributed by atoms with Gasteiger partial charge in [-0.2, -0.15) is 0 Å². The van der Waals surface area contributed by atoms with Crippen molar-refractivity contribution in [3.8, 4) is 11.4 Å². The maximum Gasteiger partial charge on any atom is 0.0920 e. The molecule has 2 heterocycles. The lowest BCUT2D eigenvalue weighted by molar-refractivity contribution is 1.06. The van der Waals surface area contributed by atoms with Crippen molar-refractivity contribution in [2.24, 2.45) is 0 Å². The molecule has 0 aliphatic carbocycles. The molecule has 0 aromatic carbocycles. The van der Waals surface area contributed by atoms with E-state index in [-0.39, 0.29) is 0 Å². The topological polar surface area (TPSA) is 25.8 Å². The second-order valence-corrected chi connectivity index (χ2v) is 3.73. The van der Waals surface area contributed by atoms with E-state index in [0.29, 0.717) is 0 Å².